The van der Waals surface area contributed by atoms with Gasteiger partial charge >= 0.3 is 0 Å². The number of fused-ring (bicyclic) bond motifs is 1. The molecular weight excluding hydrogens is 276 g/mol. The molecule has 0 radical (unpaired) electrons. The summed E-state index contributed by atoms with van der Waals surface area (Å²) in [4.78, 5) is 3.22. The van der Waals surface area contributed by atoms with Crippen LogP contribution < -0.4 is 0 Å². The molecule has 1 aromatic heterocycles. The number of nitrogens with zero attached hydrogens (tertiary/aromatic N) is 1. The summed E-state index contributed by atoms with van der Waals surface area (Å²) in [5, 5.41) is 0.698. The second kappa shape index (κ2) is 4.51. The average molecular weight is 289 g/mol. The minimum absolute atomic E-state index is 0.660. The van der Waals surface area contributed by atoms with Gasteiger partial charge in [0, 0.05) is 0 Å². The molecule has 1 N–H and O–H groups in total. The van der Waals surface area contributed by atoms with Crippen molar-refractivity contribution >= 4 is 34.9 Å². The number of aryl methyl sites for hydroxylation is 2. The van der Waals surface area contributed by atoms with Gasteiger partial charge in [0.05, 0.1) is 21.7 Å². The molecule has 0 saturated heterocycles. The fourth-order valence-electron chi connectivity index (χ4n) is 2.25. The molecule has 2 nitrogen and oxygen atoms in total. The zero-order valence-corrected chi connectivity index (χ0v) is 12.3. The number of aromatic amines is 1. The van der Waals surface area contributed by atoms with Gasteiger partial charge in [0.25, 0.3) is 0 Å². The molecule has 4 heteroatoms. The van der Waals surface area contributed by atoms with Crippen molar-refractivity contribution in [3.05, 3.63) is 57.3 Å². The maximum atomic E-state index is 6.32. The minimum atomic E-state index is 0.660. The van der Waals surface area contributed by atoms with Crippen LogP contribution in [0.3, 0.4) is 0 Å². The van der Waals surface area contributed by atoms with Crippen LogP contribution in [0, 0.1) is 18.6 Å². The Labute approximate surface area is 121 Å². The van der Waals surface area contributed by atoms with Crippen molar-refractivity contribution in [1.29, 1.82) is 0 Å². The van der Waals surface area contributed by atoms with Gasteiger partial charge in [-0.2, -0.15) is 0 Å². The molecule has 19 heavy (non-hydrogen) atoms. The zero-order valence-electron chi connectivity index (χ0n) is 10.7. The van der Waals surface area contributed by atoms with Crippen LogP contribution >= 0.6 is 23.8 Å². The van der Waals surface area contributed by atoms with Crippen molar-refractivity contribution in [2.45, 2.75) is 13.8 Å². The Bertz CT molecular complexity index is 830. The van der Waals surface area contributed by atoms with Crippen LogP contribution in [0.25, 0.3) is 16.7 Å². The first-order valence-corrected chi connectivity index (χ1v) is 6.83. The summed E-state index contributed by atoms with van der Waals surface area (Å²) < 4.78 is 2.65. The van der Waals surface area contributed by atoms with E-state index in [9.17, 15) is 0 Å². The summed E-state index contributed by atoms with van der Waals surface area (Å²) in [6.45, 7) is 4.11. The monoisotopic (exact) mass is 288 g/mol. The van der Waals surface area contributed by atoms with Crippen LogP contribution in [0.4, 0.5) is 0 Å². The first-order valence-electron chi connectivity index (χ1n) is 6.04. The average Bonchev–Trinajstić information content (AvgIpc) is 2.68. The first-order chi connectivity index (χ1) is 9.06. The van der Waals surface area contributed by atoms with Gasteiger partial charge in [-0.3, -0.25) is 4.57 Å². The number of halogens is 1. The van der Waals surface area contributed by atoms with E-state index in [0.717, 1.165) is 22.3 Å². The van der Waals surface area contributed by atoms with Crippen molar-refractivity contribution in [3.63, 3.8) is 0 Å². The molecule has 2 aromatic carbocycles. The van der Waals surface area contributed by atoms with Gasteiger partial charge in [-0.15, -0.1) is 0 Å². The normalized spacial score (nSPS) is 11.1. The second-order valence-corrected chi connectivity index (χ2v) is 5.53. The maximum absolute atomic E-state index is 6.32. The van der Waals surface area contributed by atoms with Crippen molar-refractivity contribution in [2.24, 2.45) is 0 Å². The zero-order chi connectivity index (χ0) is 13.6. The Hall–Kier alpha value is -1.58. The lowest BCUT2D eigenvalue weighted by Crippen LogP contribution is -1.96. The van der Waals surface area contributed by atoms with Gasteiger partial charge in [0.2, 0.25) is 0 Å². The molecule has 0 saturated carbocycles. The summed E-state index contributed by atoms with van der Waals surface area (Å²) >= 11 is 11.7. The third kappa shape index (κ3) is 2.09. The Morgan fingerprint density at radius 1 is 1.05 bits per heavy atom. The predicted molar refractivity (Wildman–Crippen MR) is 82.9 cm³/mol. The molecule has 96 valence electrons. The molecule has 0 spiro atoms. The summed E-state index contributed by atoms with van der Waals surface area (Å²) in [6, 6.07) is 12.2. The van der Waals surface area contributed by atoms with E-state index >= 15 is 0 Å². The van der Waals surface area contributed by atoms with E-state index in [-0.39, 0.29) is 0 Å². The van der Waals surface area contributed by atoms with E-state index in [2.05, 4.69) is 24.0 Å². The highest BCUT2D eigenvalue weighted by molar-refractivity contribution is 7.71. The molecule has 0 amide bonds. The third-order valence-electron chi connectivity index (χ3n) is 3.18. The van der Waals surface area contributed by atoms with Crippen molar-refractivity contribution < 1.29 is 0 Å². The molecule has 0 atom stereocenters. The number of benzene rings is 2. The van der Waals surface area contributed by atoms with Crippen LogP contribution in [0.1, 0.15) is 11.1 Å². The number of aromatic nitrogens is 2. The third-order valence-corrected chi connectivity index (χ3v) is 3.79. The number of imidazole rings is 1. The fraction of sp³-hybridized carbons (Fsp3) is 0.133. The highest BCUT2D eigenvalue weighted by Crippen LogP contribution is 2.26. The lowest BCUT2D eigenvalue weighted by molar-refractivity contribution is 1.06. The number of hydrogen-bond acceptors (Lipinski definition) is 1. The Morgan fingerprint density at radius 3 is 2.53 bits per heavy atom. The van der Waals surface area contributed by atoms with Crippen LogP contribution in [-0.4, -0.2) is 9.55 Å². The minimum Gasteiger partial charge on any atom is -0.330 e. The molecule has 3 aromatic rings. The Kier molecular flexibility index (Phi) is 2.96. The summed E-state index contributed by atoms with van der Waals surface area (Å²) in [5.41, 5.74) is 5.34. The van der Waals surface area contributed by atoms with Crippen molar-refractivity contribution in [3.8, 4) is 5.69 Å². The molecule has 0 aliphatic rings. The summed E-state index contributed by atoms with van der Waals surface area (Å²) in [7, 11) is 0. The summed E-state index contributed by atoms with van der Waals surface area (Å²) in [5.74, 6) is 0. The number of hydrogen-bond donors (Lipinski definition) is 1. The highest BCUT2D eigenvalue weighted by Gasteiger charge is 2.10. The molecule has 0 aliphatic heterocycles. The quantitative estimate of drug-likeness (QED) is 0.628. The van der Waals surface area contributed by atoms with Crippen LogP contribution in [-0.2, 0) is 0 Å². The van der Waals surface area contributed by atoms with Gasteiger partial charge in [0.15, 0.2) is 4.77 Å². The van der Waals surface area contributed by atoms with Crippen LogP contribution in [0.2, 0.25) is 5.02 Å². The van der Waals surface area contributed by atoms with Crippen molar-refractivity contribution in [2.75, 3.05) is 0 Å². The maximum Gasteiger partial charge on any atom is 0.182 e. The lowest BCUT2D eigenvalue weighted by Gasteiger charge is -2.08. The molecular formula is C15H13ClN2S. The molecule has 0 aliphatic carbocycles. The highest BCUT2D eigenvalue weighted by atomic mass is 35.5. The topological polar surface area (TPSA) is 20.7 Å². The van der Waals surface area contributed by atoms with E-state index in [1.807, 2.05) is 35.8 Å². The van der Waals surface area contributed by atoms with Gasteiger partial charge in [-0.1, -0.05) is 23.7 Å². The van der Waals surface area contributed by atoms with Gasteiger partial charge < -0.3 is 4.98 Å². The van der Waals surface area contributed by atoms with E-state index in [1.165, 1.54) is 5.56 Å². The predicted octanol–water partition coefficient (Wildman–Crippen LogP) is 4.96. The van der Waals surface area contributed by atoms with Gasteiger partial charge in [-0.25, -0.2) is 0 Å². The first kappa shape index (κ1) is 12.5. The summed E-state index contributed by atoms with van der Waals surface area (Å²) in [6.07, 6.45) is 0. The van der Waals surface area contributed by atoms with E-state index in [0.29, 0.717) is 9.79 Å². The van der Waals surface area contributed by atoms with Crippen LogP contribution in [0.15, 0.2) is 36.4 Å². The standard InChI is InChI=1S/C15H13ClN2S/c1-9-3-5-11(16)13(7-9)18-14-8-10(2)4-6-12(14)17-15(18)19/h3-8H,1-2H3,(H,17,19). The number of rotatable bonds is 1. The van der Waals surface area contributed by atoms with Gasteiger partial charge in [0.1, 0.15) is 0 Å². The Balaban J connectivity index is 2.42. The largest absolute Gasteiger partial charge is 0.330 e. The molecule has 0 unspecified atom stereocenters. The molecule has 0 bridgehead atoms. The number of nitrogens with one attached hydrogen (secondary N) is 1. The molecule has 0 fully saturated rings. The lowest BCUT2D eigenvalue weighted by atomic mass is 10.2. The van der Waals surface area contributed by atoms with Gasteiger partial charge in [-0.05, 0) is 61.5 Å². The number of H-pyrrole nitrogens is 1. The molecule has 1 heterocycles. The SMILES string of the molecule is Cc1ccc(Cl)c(-n2c(=S)[nH]c3ccc(C)cc32)c1. The molecule has 3 rings (SSSR count). The fourth-order valence-corrected chi connectivity index (χ4v) is 2.75. The van der Waals surface area contributed by atoms with E-state index < -0.39 is 0 Å². The van der Waals surface area contributed by atoms with Crippen LogP contribution in [0.5, 0.6) is 0 Å². The van der Waals surface area contributed by atoms with E-state index in [4.69, 9.17) is 23.8 Å². The second-order valence-electron chi connectivity index (χ2n) is 4.74. The Morgan fingerprint density at radius 2 is 1.74 bits per heavy atom. The smallest absolute Gasteiger partial charge is 0.182 e. The van der Waals surface area contributed by atoms with Crippen molar-refractivity contribution in [1.82, 2.24) is 9.55 Å². The van der Waals surface area contributed by atoms with E-state index in [1.54, 1.807) is 0 Å².